The number of aromatic nitrogens is 12. The molecule has 0 amide bonds. The van der Waals surface area contributed by atoms with Gasteiger partial charge < -0.3 is 13.7 Å². The summed E-state index contributed by atoms with van der Waals surface area (Å²) >= 11 is 0. The lowest BCUT2D eigenvalue weighted by molar-refractivity contribution is 1.06. The van der Waals surface area contributed by atoms with E-state index in [4.69, 9.17) is 57.7 Å². The summed E-state index contributed by atoms with van der Waals surface area (Å²) < 4.78 is 6.98. The maximum absolute atomic E-state index is 5.01. The molecule has 0 saturated heterocycles. The van der Waals surface area contributed by atoms with Gasteiger partial charge in [-0.3, -0.25) is 0 Å². The Morgan fingerprint density at radius 2 is 0.467 bits per heavy atom. The van der Waals surface area contributed by atoms with E-state index in [2.05, 4.69) is 252 Å². The van der Waals surface area contributed by atoms with Gasteiger partial charge in [-0.2, -0.15) is 0 Å². The Hall–Kier alpha value is -16.6. The molecule has 21 rings (SSSR count). The average Bonchev–Trinajstić information content (AvgIpc) is 1.59. The predicted molar refractivity (Wildman–Crippen MR) is 491 cm³/mol. The second-order valence-electron chi connectivity index (χ2n) is 28.9. The molecule has 0 fully saturated rings. The third-order valence-corrected chi connectivity index (χ3v) is 20.9. The molecule has 21 aromatic rings. The van der Waals surface area contributed by atoms with Gasteiger partial charge in [-0.05, 0) is 148 Å². The first-order valence-electron chi connectivity index (χ1n) is 39.5. The lowest BCUT2D eigenvalue weighted by atomic mass is 10.1. The van der Waals surface area contributed by atoms with Crippen LogP contribution in [0.15, 0.2) is 382 Å². The highest BCUT2D eigenvalue weighted by atomic mass is 15.1. The van der Waals surface area contributed by atoms with Crippen LogP contribution >= 0.6 is 0 Å². The normalized spacial score (nSPS) is 10.9. The number of aryl methyl sites for hydroxylation is 3. The zero-order valence-electron chi connectivity index (χ0n) is 65.9. The minimum atomic E-state index is 0.645. The molecule has 0 N–H and O–H groups in total. The SMILES string of the molecule is C#CC#CC#C.Cc1ccc2c(c1)c1ccccc1n2-c1ccc(-c2nc(-c3ccccc3)nc(-c3ccccc3)n2)cc1.Cc1ccc2c(c1)c1ccccc1n2-c1cccc(-c2nc(-c3ccccc3)nc(-c3ccccc3)n2)c1.Cc1ccc2c(c1)c1ccccc1n2-c1ccccc1-c1nc(-c2ccccc2)nc(-c2ccccc2)n1. The van der Waals surface area contributed by atoms with Crippen molar-refractivity contribution in [3.8, 4) is 156 Å². The molecule has 566 valence electrons. The van der Waals surface area contributed by atoms with Gasteiger partial charge in [-0.1, -0.05) is 296 Å². The van der Waals surface area contributed by atoms with E-state index < -0.39 is 0 Å². The number of hydrogen-bond acceptors (Lipinski definition) is 9. The molecule has 0 radical (unpaired) electrons. The molecular formula is C108H74N12. The van der Waals surface area contributed by atoms with Crippen LogP contribution in [0.3, 0.4) is 0 Å². The third kappa shape index (κ3) is 15.4. The van der Waals surface area contributed by atoms with Crippen molar-refractivity contribution in [3.05, 3.63) is 399 Å². The molecule has 0 bridgehead atoms. The second-order valence-corrected chi connectivity index (χ2v) is 28.9. The molecule has 0 spiro atoms. The third-order valence-electron chi connectivity index (χ3n) is 20.9. The molecule has 0 aliphatic heterocycles. The van der Waals surface area contributed by atoms with Crippen LogP contribution in [0.25, 0.3) is 185 Å². The molecule has 0 aliphatic carbocycles. The molecule has 12 heteroatoms. The highest BCUT2D eigenvalue weighted by Crippen LogP contribution is 2.40. The Morgan fingerprint density at radius 3 is 0.825 bits per heavy atom. The minimum Gasteiger partial charge on any atom is -0.309 e. The smallest absolute Gasteiger partial charge is 0.166 e. The Kier molecular flexibility index (Phi) is 21.1. The summed E-state index contributed by atoms with van der Waals surface area (Å²) in [4.78, 5) is 44.1. The topological polar surface area (TPSA) is 131 Å². The second kappa shape index (κ2) is 33.8. The van der Waals surface area contributed by atoms with Gasteiger partial charge in [0, 0.05) is 93.8 Å². The van der Waals surface area contributed by atoms with Gasteiger partial charge in [-0.15, -0.1) is 12.8 Å². The van der Waals surface area contributed by atoms with Crippen LogP contribution in [0, 0.1) is 57.3 Å². The fraction of sp³-hybridized carbons (Fsp3) is 0.0278. The van der Waals surface area contributed by atoms with Gasteiger partial charge >= 0.3 is 0 Å². The maximum Gasteiger partial charge on any atom is 0.166 e. The first-order valence-corrected chi connectivity index (χ1v) is 39.5. The maximum atomic E-state index is 5.01. The molecule has 12 nitrogen and oxygen atoms in total. The van der Waals surface area contributed by atoms with Crippen LogP contribution in [-0.2, 0) is 0 Å². The van der Waals surface area contributed by atoms with Crippen molar-refractivity contribution in [2.75, 3.05) is 0 Å². The van der Waals surface area contributed by atoms with E-state index in [-0.39, 0.29) is 0 Å². The average molecular weight is 1540 g/mol. The number of rotatable bonds is 12. The van der Waals surface area contributed by atoms with E-state index in [9.17, 15) is 0 Å². The van der Waals surface area contributed by atoms with E-state index in [0.29, 0.717) is 52.4 Å². The summed E-state index contributed by atoms with van der Waals surface area (Å²) in [5.41, 5.74) is 22.6. The van der Waals surface area contributed by atoms with Gasteiger partial charge in [0.2, 0.25) is 0 Å². The molecule has 0 atom stereocenters. The quantitative estimate of drug-likeness (QED) is 0.110. The molecule has 6 heterocycles. The van der Waals surface area contributed by atoms with Gasteiger partial charge in [0.25, 0.3) is 0 Å². The molecule has 0 saturated carbocycles. The summed E-state index contributed by atoms with van der Waals surface area (Å²) in [6.07, 6.45) is 9.39. The van der Waals surface area contributed by atoms with Gasteiger partial charge in [-0.25, -0.2) is 44.9 Å². The standard InChI is InChI=1S/3C34H24N4.C6H2/c1-23-20-21-31-28(22-23)26-16-8-10-18-29(26)38(31)30-19-11-9-17-27(30)34-36-32(24-12-4-2-5-13-24)35-33(37-34)25-14-6-3-7-15-25;1-23-19-20-31-29(21-23)28-17-8-9-18-30(28)38(31)27-16-10-15-26(22-27)34-36-32(24-11-4-2-5-12-24)35-33(37-34)25-13-6-3-7-14-25;1-23-16-21-31-29(22-23)28-14-8-9-15-30(28)38(31)27-19-17-26(18-20-27)34-36-32(24-10-4-2-5-11-24)35-33(37-34)25-12-6-3-7-13-25;1-3-5-6-4-2/h3*2-22H,1H3;1-2H. The lowest BCUT2D eigenvalue weighted by Crippen LogP contribution is -2.03. The summed E-state index contributed by atoms with van der Waals surface area (Å²) in [6, 6.07) is 131. The Bertz CT molecular complexity index is 7310. The largest absolute Gasteiger partial charge is 0.309 e. The minimum absolute atomic E-state index is 0.645. The van der Waals surface area contributed by atoms with Crippen LogP contribution in [0.4, 0.5) is 0 Å². The van der Waals surface area contributed by atoms with Crippen LogP contribution in [0.1, 0.15) is 16.7 Å². The highest BCUT2D eigenvalue weighted by molar-refractivity contribution is 6.12. The number of benzene rings is 15. The predicted octanol–water partition coefficient (Wildman–Crippen LogP) is 25.1. The van der Waals surface area contributed by atoms with Crippen molar-refractivity contribution in [2.24, 2.45) is 0 Å². The van der Waals surface area contributed by atoms with Crippen LogP contribution in [0.2, 0.25) is 0 Å². The zero-order chi connectivity index (χ0) is 81.3. The fourth-order valence-corrected chi connectivity index (χ4v) is 15.4. The van der Waals surface area contributed by atoms with Crippen LogP contribution < -0.4 is 0 Å². The van der Waals surface area contributed by atoms with Crippen molar-refractivity contribution in [1.29, 1.82) is 0 Å². The Balaban J connectivity index is 0.000000119. The van der Waals surface area contributed by atoms with Gasteiger partial charge in [0.15, 0.2) is 52.4 Å². The Labute approximate surface area is 695 Å². The monoisotopic (exact) mass is 1540 g/mol. The number of nitrogens with zero attached hydrogens (tertiary/aromatic N) is 12. The number of fused-ring (bicyclic) bond motifs is 9. The molecule has 6 aromatic heterocycles. The summed E-state index contributed by atoms with van der Waals surface area (Å²) in [5, 5.41) is 7.49. The molecule has 120 heavy (non-hydrogen) atoms. The number of hydrogen-bond donors (Lipinski definition) is 0. The van der Waals surface area contributed by atoms with Crippen LogP contribution in [0.5, 0.6) is 0 Å². The van der Waals surface area contributed by atoms with Crippen molar-refractivity contribution in [1.82, 2.24) is 58.6 Å². The molecular weight excluding hydrogens is 1470 g/mol. The first kappa shape index (κ1) is 74.8. The van der Waals surface area contributed by atoms with E-state index >= 15 is 0 Å². The van der Waals surface area contributed by atoms with Crippen molar-refractivity contribution in [3.63, 3.8) is 0 Å². The summed E-state index contributed by atoms with van der Waals surface area (Å²) in [5.74, 6) is 14.5. The molecule has 15 aromatic carbocycles. The van der Waals surface area contributed by atoms with E-state index in [0.717, 1.165) is 78.2 Å². The fourth-order valence-electron chi connectivity index (χ4n) is 15.4. The van der Waals surface area contributed by atoms with Gasteiger partial charge in [0.1, 0.15) is 0 Å². The van der Waals surface area contributed by atoms with E-state index in [1.165, 1.54) is 71.1 Å². The lowest BCUT2D eigenvalue weighted by Gasteiger charge is -2.14. The molecule has 0 aliphatic rings. The van der Waals surface area contributed by atoms with E-state index in [1.54, 1.807) is 0 Å². The number of terminal acetylenes is 2. The summed E-state index contributed by atoms with van der Waals surface area (Å²) in [6.45, 7) is 6.42. The summed E-state index contributed by atoms with van der Waals surface area (Å²) in [7, 11) is 0. The Morgan fingerprint density at radius 1 is 0.200 bits per heavy atom. The zero-order valence-corrected chi connectivity index (χ0v) is 65.9. The molecule has 0 unspecified atom stereocenters. The van der Waals surface area contributed by atoms with Gasteiger partial charge in [0.05, 0.1) is 38.8 Å². The van der Waals surface area contributed by atoms with E-state index in [1.807, 2.05) is 188 Å². The van der Waals surface area contributed by atoms with Crippen LogP contribution in [-0.4, -0.2) is 58.6 Å². The van der Waals surface area contributed by atoms with Crippen molar-refractivity contribution < 1.29 is 0 Å². The number of para-hydroxylation sites is 4. The highest BCUT2D eigenvalue weighted by Gasteiger charge is 2.22. The van der Waals surface area contributed by atoms with Crippen molar-refractivity contribution in [2.45, 2.75) is 20.8 Å². The van der Waals surface area contributed by atoms with Crippen molar-refractivity contribution >= 4 is 65.4 Å². The first-order chi connectivity index (χ1) is 59.2.